The number of aliphatic hydroxyl groups excluding tert-OH is 22. The monoisotopic (exact) mass is 1710 g/mol. The quantitative estimate of drug-likeness (QED) is 0.0175. The third-order valence-corrected chi connectivity index (χ3v) is 29.1. The van der Waals surface area contributed by atoms with Crippen LogP contribution in [0.5, 0.6) is 0 Å². The molecule has 39 nitrogen and oxygen atoms in total. The molecule has 0 aromatic rings. The number of carbonyl (C=O) groups excluding carboxylic acids is 2. The van der Waals surface area contributed by atoms with Crippen molar-refractivity contribution in [3.63, 3.8) is 0 Å². The van der Waals surface area contributed by atoms with E-state index in [0.717, 1.165) is 11.1 Å². The Hall–Kier alpha value is -3.24. The van der Waals surface area contributed by atoms with Crippen LogP contribution in [-0.4, -0.2) is 392 Å². The van der Waals surface area contributed by atoms with Gasteiger partial charge in [0, 0.05) is 11.8 Å². The number of allylic oxidation sites excluding steroid dienone is 4. The lowest BCUT2D eigenvalue weighted by atomic mass is 9.33. The summed E-state index contributed by atoms with van der Waals surface area (Å²) in [5.41, 5.74) is -4.55. The van der Waals surface area contributed by atoms with Crippen LogP contribution in [0, 0.1) is 50.2 Å². The van der Waals surface area contributed by atoms with Gasteiger partial charge < -0.3 is 183 Å². The van der Waals surface area contributed by atoms with Crippen molar-refractivity contribution in [1.82, 2.24) is 0 Å². The van der Waals surface area contributed by atoms with Crippen LogP contribution in [0.25, 0.3) is 0 Å². The minimum absolute atomic E-state index is 0.0326. The lowest BCUT2D eigenvalue weighted by Gasteiger charge is -2.72. The molecule has 7 saturated heterocycles. The summed E-state index contributed by atoms with van der Waals surface area (Å²) >= 11 is 0. The van der Waals surface area contributed by atoms with Crippen LogP contribution < -0.4 is 0 Å². The highest BCUT2D eigenvalue weighted by molar-refractivity contribution is 5.89. The van der Waals surface area contributed by atoms with E-state index in [1.54, 1.807) is 13.0 Å². The Labute approximate surface area is 688 Å². The Bertz CT molecular complexity index is 3510. The second-order valence-corrected chi connectivity index (χ2v) is 37.0. The summed E-state index contributed by atoms with van der Waals surface area (Å²) in [5.74, 6) is -3.35. The summed E-state index contributed by atoms with van der Waals surface area (Å²) in [5, 5.41) is 243. The summed E-state index contributed by atoms with van der Waals surface area (Å²) in [6.45, 7) is 14.2. The Balaban J connectivity index is 0.826. The second-order valence-electron chi connectivity index (χ2n) is 37.0. The van der Waals surface area contributed by atoms with Crippen molar-refractivity contribution in [1.29, 1.82) is 0 Å². The number of fused-ring (bicyclic) bond motifs is 7. The van der Waals surface area contributed by atoms with Crippen LogP contribution in [0.15, 0.2) is 34.9 Å². The normalized spacial score (nSPS) is 50.7. The van der Waals surface area contributed by atoms with Gasteiger partial charge in [-0.05, 0) is 118 Å². The number of hydrogen-bond acceptors (Lipinski definition) is 39. The largest absolute Gasteiger partial charge is 0.458 e. The fourth-order valence-electron chi connectivity index (χ4n) is 21.7. The van der Waals surface area contributed by atoms with Crippen LogP contribution in [0.1, 0.15) is 133 Å². The topological polar surface area (TPSA) is 618 Å². The summed E-state index contributed by atoms with van der Waals surface area (Å²) in [6.07, 6.45) is -54.1. The zero-order valence-electron chi connectivity index (χ0n) is 68.5. The second kappa shape index (κ2) is 37.2. The van der Waals surface area contributed by atoms with E-state index in [-0.39, 0.29) is 43.3 Å². The molecule has 12 rings (SSSR count). The molecule has 0 aromatic heterocycles. The molecule has 43 atom stereocenters. The first-order valence-electron chi connectivity index (χ1n) is 41.5. The highest BCUT2D eigenvalue weighted by Gasteiger charge is 2.74. The molecule has 0 aromatic carbocycles. The van der Waals surface area contributed by atoms with E-state index in [2.05, 4.69) is 40.7 Å². The Morgan fingerprint density at radius 1 is 0.487 bits per heavy atom. The van der Waals surface area contributed by atoms with Gasteiger partial charge in [-0.3, -0.25) is 4.79 Å². The minimum atomic E-state index is -2.24. The smallest absolute Gasteiger partial charge is 0.336 e. The fraction of sp³-hybridized carbons (Fsp3) is 0.900. The average molecular weight is 1710 g/mol. The number of aliphatic hydroxyl groups is 22. The third kappa shape index (κ3) is 17.5. The van der Waals surface area contributed by atoms with Gasteiger partial charge in [0.2, 0.25) is 6.29 Å². The maximum atomic E-state index is 16.5. The maximum absolute atomic E-state index is 16.5. The van der Waals surface area contributed by atoms with Gasteiger partial charge >= 0.3 is 11.9 Å². The molecule has 0 spiro atoms. The predicted octanol–water partition coefficient (Wildman–Crippen LogP) is -6.10. The zero-order chi connectivity index (χ0) is 87.2. The molecule has 11 fully saturated rings. The number of rotatable bonds is 25. The first kappa shape index (κ1) is 94.9. The summed E-state index contributed by atoms with van der Waals surface area (Å²) < 4.78 is 91.3. The van der Waals surface area contributed by atoms with Crippen molar-refractivity contribution >= 4 is 11.9 Å². The Kier molecular flexibility index (Phi) is 29.7. The molecule has 0 unspecified atom stereocenters. The van der Waals surface area contributed by atoms with Gasteiger partial charge in [-0.1, -0.05) is 77.8 Å². The molecule has 0 amide bonds. The van der Waals surface area contributed by atoms with E-state index < -0.39 is 317 Å². The Morgan fingerprint density at radius 3 is 1.63 bits per heavy atom. The first-order valence-corrected chi connectivity index (χ1v) is 41.5. The van der Waals surface area contributed by atoms with Crippen LogP contribution in [-0.2, 0) is 80.6 Å². The molecule has 5 aliphatic carbocycles. The van der Waals surface area contributed by atoms with Gasteiger partial charge in [0.15, 0.2) is 43.8 Å². The van der Waals surface area contributed by atoms with Crippen LogP contribution in [0.3, 0.4) is 0 Å². The lowest BCUT2D eigenvalue weighted by Crippen LogP contribution is -2.70. The molecule has 682 valence electrons. The van der Waals surface area contributed by atoms with Crippen LogP contribution in [0.4, 0.5) is 0 Å². The molecule has 4 saturated carbocycles. The lowest BCUT2D eigenvalue weighted by molar-refractivity contribution is -0.390. The van der Waals surface area contributed by atoms with Crippen molar-refractivity contribution in [2.24, 2.45) is 50.2 Å². The molecule has 22 N–H and O–H groups in total. The van der Waals surface area contributed by atoms with E-state index in [9.17, 15) is 117 Å². The zero-order valence-corrected chi connectivity index (χ0v) is 68.5. The number of esters is 2. The highest BCUT2D eigenvalue weighted by atomic mass is 16.8. The van der Waals surface area contributed by atoms with E-state index in [1.807, 2.05) is 13.8 Å². The molecule has 119 heavy (non-hydrogen) atoms. The average Bonchev–Trinajstić information content (AvgIpc) is 0.846. The first-order chi connectivity index (χ1) is 55.9. The summed E-state index contributed by atoms with van der Waals surface area (Å²) in [7, 11) is 0. The standard InChI is InChI=1S/C80H128O39/c1-31(18-21-81)12-11-13-34(25-82)66(103)113-46-24-80(74(104)119-73-65(56(97)50(91)39(27-84)111-73)118-71-61(102)63(116-70-60(101)53(94)49(90)38(26-83)109-70)62(33(3)108-71)115-69-58(99)51(92)40(28-85)110-69)36(22-75(46,4)5)35-14-15-43-77(8)19-17-45(76(6,7)42(77)16-20-78(43,9)79(35,10)23-44(80)87)114-68-59(100)54(95)52(93)41(112-68)30-106-72-64(55(96)47(88)32(2)107-72)117-67-57(98)48(89)37(86)29-105-67/h13-14,18,32-33,36-65,67-73,81-102H,11-12,15-17,19-30H2,1-10H3/b31-18+,34-13+/t32-,33+,36-,37-,38-,39-,40+,41-,42+,43-,44-,45+,46+,47+,48+,49-,50-,51+,52-,53+,54+,55+,56+,57-,58-,59-,60-,61-,62+,63+,64-,65-,67+,68+,69+,70+,71+,72-,73+,77+,78-,79-,80-/m1/s1. The number of ether oxygens (including phenoxy) is 15. The van der Waals surface area contributed by atoms with Gasteiger partial charge in [0.05, 0.1) is 76.2 Å². The van der Waals surface area contributed by atoms with Crippen LogP contribution in [0.2, 0.25) is 0 Å². The molecule has 7 aliphatic heterocycles. The van der Waals surface area contributed by atoms with Crippen molar-refractivity contribution < 1.29 is 193 Å². The van der Waals surface area contributed by atoms with Crippen LogP contribution >= 0.6 is 0 Å². The van der Waals surface area contributed by atoms with E-state index in [1.165, 1.54) is 19.9 Å². The van der Waals surface area contributed by atoms with Gasteiger partial charge in [0.1, 0.15) is 152 Å². The molecular weight excluding hydrogens is 1580 g/mol. The number of hydrogen-bond donors (Lipinski definition) is 22. The summed E-state index contributed by atoms with van der Waals surface area (Å²) in [6, 6.07) is 0. The van der Waals surface area contributed by atoms with Gasteiger partial charge in [0.25, 0.3) is 0 Å². The van der Waals surface area contributed by atoms with Gasteiger partial charge in [-0.2, -0.15) is 0 Å². The molecule has 0 radical (unpaired) electrons. The van der Waals surface area contributed by atoms with Crippen molar-refractivity contribution in [3.05, 3.63) is 34.9 Å². The minimum Gasteiger partial charge on any atom is -0.458 e. The highest BCUT2D eigenvalue weighted by Crippen LogP contribution is 2.76. The van der Waals surface area contributed by atoms with E-state index in [4.69, 9.17) is 71.1 Å². The molecule has 12 aliphatic rings. The number of carbonyl (C=O) groups is 2. The predicted molar refractivity (Wildman–Crippen MR) is 398 cm³/mol. The molecular formula is C80H128O39. The summed E-state index contributed by atoms with van der Waals surface area (Å²) in [4.78, 5) is 31.1. The van der Waals surface area contributed by atoms with Crippen molar-refractivity contribution in [2.45, 2.75) is 354 Å². The third-order valence-electron chi connectivity index (χ3n) is 29.1. The van der Waals surface area contributed by atoms with Gasteiger partial charge in [-0.15, -0.1) is 0 Å². The van der Waals surface area contributed by atoms with Crippen molar-refractivity contribution in [2.75, 3.05) is 46.2 Å². The van der Waals surface area contributed by atoms with E-state index in [0.29, 0.717) is 38.5 Å². The molecule has 39 heteroatoms. The molecule has 7 heterocycles. The van der Waals surface area contributed by atoms with Crippen molar-refractivity contribution in [3.8, 4) is 0 Å². The van der Waals surface area contributed by atoms with E-state index >= 15 is 4.79 Å². The molecule has 0 bridgehead atoms. The van der Waals surface area contributed by atoms with Gasteiger partial charge in [-0.25, -0.2) is 4.79 Å². The SMILES string of the molecule is C/C(=C\CO)CC/C=C(\CO)C(=O)O[C@H]1C[C@]2(C(=O)O[C@@H]3O[C@H](CO)[C@@H](O)[C@H](O)[C@H]3O[C@@H]3O[C@@H](C)[C@H](O[C@@H]4O[C@@H](CO)[C@H](O)[C@H]4O)[C@@H](O[C@@H]4O[C@H](CO)[C@@H](O)[C@H](O)[C@H]4O)[C@H]3O)[C@H](O)C[C@]3(C)C(=CC[C@@H]4[C@@]5(C)CC[C@H](O[C@@H]6O[C@H](CO[C@@H]7O[C@H](C)[C@H](O)[C@H](O)[C@H]7O[C@@H]7OC[C@@H](O)[C@H](O)[C@H]7O)[C@@H](O)[C@H](O)[C@H]6O)C(C)(C)[C@@H]5CC[C@]43C)[C@H]2CC1(C)C. The maximum Gasteiger partial charge on any atom is 0.336 e. The fourth-order valence-corrected chi connectivity index (χ4v) is 21.7. The Morgan fingerprint density at radius 2 is 1.01 bits per heavy atom.